The van der Waals surface area contributed by atoms with Crippen molar-refractivity contribution in [3.05, 3.63) is 35.5 Å². The van der Waals surface area contributed by atoms with Crippen molar-refractivity contribution in [1.82, 2.24) is 0 Å². The number of hydrogen-bond donors (Lipinski definition) is 0. The zero-order chi connectivity index (χ0) is 16.6. The van der Waals surface area contributed by atoms with E-state index in [1.165, 1.54) is 16.7 Å². The second-order valence-corrected chi connectivity index (χ2v) is 8.59. The fraction of sp³-hybridized carbons (Fsp3) is 0.619. The quantitative estimate of drug-likeness (QED) is 0.621. The SMILES string of the molecule is C=C1CC2=CC(=O)C=C(C)[C@]2(C)[C@H]2CC[C@]3(C)C(=O)CC[C@H]3[C@H]12. The van der Waals surface area contributed by atoms with Gasteiger partial charge in [0.25, 0.3) is 0 Å². The van der Waals surface area contributed by atoms with Gasteiger partial charge in [0, 0.05) is 17.3 Å². The Balaban J connectivity index is 1.81. The molecule has 0 heterocycles. The maximum absolute atomic E-state index is 12.5. The molecule has 0 N–H and O–H groups in total. The molecule has 0 amide bonds. The van der Waals surface area contributed by atoms with Crippen LogP contribution in [-0.4, -0.2) is 11.6 Å². The molecule has 4 aliphatic rings. The van der Waals surface area contributed by atoms with E-state index in [0.717, 1.165) is 32.1 Å². The van der Waals surface area contributed by atoms with Crippen LogP contribution < -0.4 is 0 Å². The molecule has 3 fully saturated rings. The Kier molecular flexibility index (Phi) is 2.99. The van der Waals surface area contributed by atoms with Gasteiger partial charge >= 0.3 is 0 Å². The van der Waals surface area contributed by atoms with Gasteiger partial charge in [-0.2, -0.15) is 0 Å². The lowest BCUT2D eigenvalue weighted by molar-refractivity contribution is -0.130. The number of ketones is 2. The van der Waals surface area contributed by atoms with Gasteiger partial charge in [0.2, 0.25) is 0 Å². The minimum absolute atomic E-state index is 0.0211. The molecule has 0 radical (unpaired) electrons. The molecule has 0 aromatic carbocycles. The lowest BCUT2D eigenvalue weighted by atomic mass is 9.46. The first-order chi connectivity index (χ1) is 10.8. The molecule has 0 aromatic rings. The predicted molar refractivity (Wildman–Crippen MR) is 90.8 cm³/mol. The third-order valence-corrected chi connectivity index (χ3v) is 7.77. The second-order valence-electron chi connectivity index (χ2n) is 8.59. The first-order valence-corrected chi connectivity index (χ1v) is 8.93. The Morgan fingerprint density at radius 3 is 2.61 bits per heavy atom. The van der Waals surface area contributed by atoms with Gasteiger partial charge in [-0.15, -0.1) is 0 Å². The topological polar surface area (TPSA) is 34.1 Å². The summed E-state index contributed by atoms with van der Waals surface area (Å²) in [4.78, 5) is 24.5. The molecule has 2 nitrogen and oxygen atoms in total. The second kappa shape index (κ2) is 4.55. The van der Waals surface area contributed by atoms with E-state index in [9.17, 15) is 9.59 Å². The smallest absolute Gasteiger partial charge is 0.178 e. The summed E-state index contributed by atoms with van der Waals surface area (Å²) in [7, 11) is 0. The molecule has 4 aliphatic carbocycles. The van der Waals surface area contributed by atoms with E-state index in [0.29, 0.717) is 23.5 Å². The summed E-state index contributed by atoms with van der Waals surface area (Å²) in [6.07, 6.45) is 8.32. The third kappa shape index (κ3) is 1.75. The van der Waals surface area contributed by atoms with Crippen molar-refractivity contribution in [3.63, 3.8) is 0 Å². The Morgan fingerprint density at radius 1 is 1.13 bits per heavy atom. The van der Waals surface area contributed by atoms with Crippen LogP contribution in [0.4, 0.5) is 0 Å². The number of fused-ring (bicyclic) bond motifs is 5. The summed E-state index contributed by atoms with van der Waals surface area (Å²) in [5.41, 5.74) is 3.56. The molecule has 0 bridgehead atoms. The number of carbonyl (C=O) groups excluding carboxylic acids is 2. The van der Waals surface area contributed by atoms with Gasteiger partial charge in [0.05, 0.1) is 0 Å². The van der Waals surface area contributed by atoms with E-state index < -0.39 is 0 Å². The standard InChI is InChI=1S/C21H26O2/c1-12-9-14-11-15(22)10-13(2)21(14,4)17-7-8-20(3)16(19(12)17)5-6-18(20)23/h10-11,16-17,19H,1,5-9H2,2-4H3/t16-,17-,19-,20-,21-/m0/s1. The summed E-state index contributed by atoms with van der Waals surface area (Å²) >= 11 is 0. The lowest BCUT2D eigenvalue weighted by Gasteiger charge is -2.57. The summed E-state index contributed by atoms with van der Waals surface area (Å²) in [5.74, 6) is 1.96. The minimum Gasteiger partial charge on any atom is -0.299 e. The van der Waals surface area contributed by atoms with Crippen molar-refractivity contribution in [2.75, 3.05) is 0 Å². The Labute approximate surface area is 138 Å². The van der Waals surface area contributed by atoms with Crippen LogP contribution in [-0.2, 0) is 9.59 Å². The normalized spacial score (nSPS) is 45.9. The average molecular weight is 310 g/mol. The van der Waals surface area contributed by atoms with E-state index >= 15 is 0 Å². The van der Waals surface area contributed by atoms with Gasteiger partial charge < -0.3 is 0 Å². The van der Waals surface area contributed by atoms with E-state index in [1.54, 1.807) is 0 Å². The number of rotatable bonds is 0. The molecule has 0 saturated heterocycles. The predicted octanol–water partition coefficient (Wildman–Crippen LogP) is 4.42. The highest BCUT2D eigenvalue weighted by atomic mass is 16.1. The zero-order valence-corrected chi connectivity index (χ0v) is 14.4. The van der Waals surface area contributed by atoms with E-state index in [4.69, 9.17) is 0 Å². The van der Waals surface area contributed by atoms with Crippen molar-refractivity contribution < 1.29 is 9.59 Å². The molecule has 0 unspecified atom stereocenters. The molecule has 2 heteroatoms. The van der Waals surface area contributed by atoms with Crippen molar-refractivity contribution >= 4 is 11.6 Å². The number of carbonyl (C=O) groups is 2. The minimum atomic E-state index is -0.135. The molecule has 5 atom stereocenters. The van der Waals surface area contributed by atoms with Crippen molar-refractivity contribution in [3.8, 4) is 0 Å². The Hall–Kier alpha value is -1.44. The zero-order valence-electron chi connectivity index (χ0n) is 14.4. The summed E-state index contributed by atoms with van der Waals surface area (Å²) in [6.45, 7) is 11.0. The molecular formula is C21H26O2. The molecule has 23 heavy (non-hydrogen) atoms. The Bertz CT molecular complexity index is 695. The van der Waals surface area contributed by atoms with Crippen molar-refractivity contribution in [1.29, 1.82) is 0 Å². The van der Waals surface area contributed by atoms with Crippen LogP contribution in [0, 0.1) is 28.6 Å². The lowest BCUT2D eigenvalue weighted by Crippen LogP contribution is -2.51. The first kappa shape index (κ1) is 15.1. The molecule has 0 aromatic heterocycles. The molecule has 0 spiro atoms. The van der Waals surface area contributed by atoms with E-state index in [-0.39, 0.29) is 16.6 Å². The van der Waals surface area contributed by atoms with Gasteiger partial charge in [-0.1, -0.05) is 37.1 Å². The summed E-state index contributed by atoms with van der Waals surface area (Å²) < 4.78 is 0. The maximum Gasteiger partial charge on any atom is 0.178 e. The molecule has 0 aliphatic heterocycles. The van der Waals surface area contributed by atoms with Gasteiger partial charge in [0.15, 0.2) is 5.78 Å². The fourth-order valence-corrected chi connectivity index (χ4v) is 6.24. The molecule has 4 rings (SSSR count). The summed E-state index contributed by atoms with van der Waals surface area (Å²) in [6, 6.07) is 0. The van der Waals surface area contributed by atoms with Crippen molar-refractivity contribution in [2.24, 2.45) is 28.6 Å². The monoisotopic (exact) mass is 310 g/mol. The third-order valence-electron chi connectivity index (χ3n) is 7.77. The van der Waals surface area contributed by atoms with Crippen LogP contribution in [0.1, 0.15) is 52.9 Å². The van der Waals surface area contributed by atoms with Crippen LogP contribution in [0.25, 0.3) is 0 Å². The maximum atomic E-state index is 12.5. The van der Waals surface area contributed by atoms with Gasteiger partial charge in [-0.3, -0.25) is 9.59 Å². The van der Waals surface area contributed by atoms with Crippen LogP contribution in [0.5, 0.6) is 0 Å². The number of Topliss-reactive ketones (excluding diaryl/α,β-unsaturated/α-hetero) is 1. The molecular weight excluding hydrogens is 284 g/mol. The fourth-order valence-electron chi connectivity index (χ4n) is 6.24. The van der Waals surface area contributed by atoms with E-state index in [2.05, 4.69) is 27.4 Å². The van der Waals surface area contributed by atoms with Crippen LogP contribution in [0.2, 0.25) is 0 Å². The van der Waals surface area contributed by atoms with Crippen LogP contribution >= 0.6 is 0 Å². The highest BCUT2D eigenvalue weighted by Gasteiger charge is 2.60. The first-order valence-electron chi connectivity index (χ1n) is 8.93. The van der Waals surface area contributed by atoms with Crippen molar-refractivity contribution in [2.45, 2.75) is 52.9 Å². The Morgan fingerprint density at radius 2 is 1.87 bits per heavy atom. The van der Waals surface area contributed by atoms with Gasteiger partial charge in [0.1, 0.15) is 5.78 Å². The largest absolute Gasteiger partial charge is 0.299 e. The number of allylic oxidation sites excluding steroid dienone is 5. The average Bonchev–Trinajstić information content (AvgIpc) is 2.78. The molecule has 3 saturated carbocycles. The molecule has 122 valence electrons. The van der Waals surface area contributed by atoms with E-state index in [1.807, 2.05) is 12.2 Å². The van der Waals surface area contributed by atoms with Crippen LogP contribution in [0.3, 0.4) is 0 Å². The van der Waals surface area contributed by atoms with Gasteiger partial charge in [-0.05, 0) is 62.5 Å². The van der Waals surface area contributed by atoms with Crippen LogP contribution in [0.15, 0.2) is 35.5 Å². The van der Waals surface area contributed by atoms with Gasteiger partial charge in [-0.25, -0.2) is 0 Å². The highest BCUT2D eigenvalue weighted by molar-refractivity contribution is 6.02. The summed E-state index contributed by atoms with van der Waals surface area (Å²) in [5, 5.41) is 0. The highest BCUT2D eigenvalue weighted by Crippen LogP contribution is 2.65. The number of hydrogen-bond acceptors (Lipinski definition) is 2.